The number of pyridine rings is 1. The van der Waals surface area contributed by atoms with Crippen molar-refractivity contribution < 1.29 is 0 Å². The van der Waals surface area contributed by atoms with Crippen LogP contribution in [0.2, 0.25) is 0 Å². The number of aryl methyl sites for hydroxylation is 1. The molecule has 0 saturated heterocycles. The maximum absolute atomic E-state index is 5.83. The molecular weight excluding hydrogens is 240 g/mol. The predicted octanol–water partition coefficient (Wildman–Crippen LogP) is 2.90. The Bertz CT molecular complexity index is 258. The second-order valence-electron chi connectivity index (χ2n) is 3.53. The molecule has 1 rings (SSSR count). The van der Waals surface area contributed by atoms with Crippen LogP contribution < -0.4 is 5.73 Å². The molecule has 0 aliphatic carbocycles. The van der Waals surface area contributed by atoms with Crippen LogP contribution in [0.15, 0.2) is 22.8 Å². The van der Waals surface area contributed by atoms with E-state index in [4.69, 9.17) is 5.73 Å². The Labute approximate surface area is 94.0 Å². The van der Waals surface area contributed by atoms with E-state index in [-0.39, 0.29) is 0 Å². The molecule has 1 heterocycles. The van der Waals surface area contributed by atoms with Crippen LogP contribution in [0.1, 0.15) is 31.9 Å². The Balaban J connectivity index is 2.28. The number of nitrogens with two attached hydrogens (primary N) is 1. The lowest BCUT2D eigenvalue weighted by atomic mass is 10.1. The van der Waals surface area contributed by atoms with Crippen LogP contribution in [-0.2, 0) is 6.42 Å². The minimum absolute atomic E-state index is 0.352. The third kappa shape index (κ3) is 4.20. The van der Waals surface area contributed by atoms with Crippen LogP contribution >= 0.6 is 15.9 Å². The fourth-order valence-electron chi connectivity index (χ4n) is 1.30. The smallest absolute Gasteiger partial charge is 0.0413 e. The molecule has 78 valence electrons. The summed E-state index contributed by atoms with van der Waals surface area (Å²) in [4.78, 5) is 4.31. The third-order valence-corrected chi connectivity index (χ3v) is 2.79. The Morgan fingerprint density at radius 3 is 2.86 bits per heavy atom. The standard InChI is InChI=1S/C11H17BrN2/c1-2-10(13)4-3-5-11-7-6-9(12)8-14-11/h6-8,10H,2-5,13H2,1H3. The Kier molecular flexibility index (Phi) is 5.12. The van der Waals surface area contributed by atoms with Gasteiger partial charge in [-0.3, -0.25) is 4.98 Å². The number of hydrogen-bond acceptors (Lipinski definition) is 2. The van der Waals surface area contributed by atoms with E-state index in [1.807, 2.05) is 12.3 Å². The monoisotopic (exact) mass is 256 g/mol. The van der Waals surface area contributed by atoms with Crippen molar-refractivity contribution in [3.8, 4) is 0 Å². The lowest BCUT2D eigenvalue weighted by Crippen LogP contribution is -2.18. The second kappa shape index (κ2) is 6.14. The van der Waals surface area contributed by atoms with E-state index in [9.17, 15) is 0 Å². The van der Waals surface area contributed by atoms with Crippen molar-refractivity contribution in [2.45, 2.75) is 38.6 Å². The lowest BCUT2D eigenvalue weighted by Gasteiger charge is -2.07. The number of aromatic nitrogens is 1. The summed E-state index contributed by atoms with van der Waals surface area (Å²) in [6, 6.07) is 4.44. The molecule has 1 unspecified atom stereocenters. The van der Waals surface area contributed by atoms with Crippen molar-refractivity contribution in [3.05, 3.63) is 28.5 Å². The molecule has 1 aromatic rings. The summed E-state index contributed by atoms with van der Waals surface area (Å²) in [5, 5.41) is 0. The number of rotatable bonds is 5. The van der Waals surface area contributed by atoms with Gasteiger partial charge in [-0.1, -0.05) is 6.92 Å². The van der Waals surface area contributed by atoms with E-state index in [2.05, 4.69) is 33.9 Å². The molecule has 0 aromatic carbocycles. The van der Waals surface area contributed by atoms with Crippen molar-refractivity contribution in [3.63, 3.8) is 0 Å². The molecular formula is C11H17BrN2. The molecule has 2 N–H and O–H groups in total. The summed E-state index contributed by atoms with van der Waals surface area (Å²) < 4.78 is 1.03. The van der Waals surface area contributed by atoms with Crippen LogP contribution in [0.3, 0.4) is 0 Å². The van der Waals surface area contributed by atoms with Gasteiger partial charge in [0.2, 0.25) is 0 Å². The van der Waals surface area contributed by atoms with Crippen molar-refractivity contribution in [2.75, 3.05) is 0 Å². The minimum atomic E-state index is 0.352. The minimum Gasteiger partial charge on any atom is -0.328 e. The zero-order valence-corrected chi connectivity index (χ0v) is 10.1. The highest BCUT2D eigenvalue weighted by molar-refractivity contribution is 9.10. The maximum atomic E-state index is 5.83. The molecule has 14 heavy (non-hydrogen) atoms. The number of nitrogens with zero attached hydrogens (tertiary/aromatic N) is 1. The zero-order chi connectivity index (χ0) is 10.4. The largest absolute Gasteiger partial charge is 0.328 e. The molecule has 0 radical (unpaired) electrons. The molecule has 0 aliphatic heterocycles. The van der Waals surface area contributed by atoms with Crippen molar-refractivity contribution in [2.24, 2.45) is 5.73 Å². The SMILES string of the molecule is CCC(N)CCCc1ccc(Br)cn1. The number of hydrogen-bond donors (Lipinski definition) is 1. The van der Waals surface area contributed by atoms with Gasteiger partial charge in [0.25, 0.3) is 0 Å². The van der Waals surface area contributed by atoms with Crippen LogP contribution in [0.5, 0.6) is 0 Å². The number of halogens is 1. The Morgan fingerprint density at radius 2 is 2.29 bits per heavy atom. The molecule has 0 aliphatic rings. The molecule has 0 amide bonds. The fourth-order valence-corrected chi connectivity index (χ4v) is 1.54. The maximum Gasteiger partial charge on any atom is 0.0413 e. The predicted molar refractivity (Wildman–Crippen MR) is 63.1 cm³/mol. The van der Waals surface area contributed by atoms with Gasteiger partial charge in [0.15, 0.2) is 0 Å². The van der Waals surface area contributed by atoms with Gasteiger partial charge in [-0.05, 0) is 53.7 Å². The highest BCUT2D eigenvalue weighted by Crippen LogP contribution is 2.10. The molecule has 1 atom stereocenters. The summed E-state index contributed by atoms with van der Waals surface area (Å²) in [6.45, 7) is 2.13. The van der Waals surface area contributed by atoms with Crippen LogP contribution in [-0.4, -0.2) is 11.0 Å². The summed E-state index contributed by atoms with van der Waals surface area (Å²) in [5.41, 5.74) is 6.98. The fraction of sp³-hybridized carbons (Fsp3) is 0.545. The summed E-state index contributed by atoms with van der Waals surface area (Å²) in [6.07, 6.45) is 6.15. The molecule has 1 aromatic heterocycles. The van der Waals surface area contributed by atoms with E-state index in [1.165, 1.54) is 0 Å². The molecule has 3 heteroatoms. The van der Waals surface area contributed by atoms with Gasteiger partial charge >= 0.3 is 0 Å². The van der Waals surface area contributed by atoms with Gasteiger partial charge in [0.1, 0.15) is 0 Å². The quantitative estimate of drug-likeness (QED) is 0.880. The highest BCUT2D eigenvalue weighted by Gasteiger charge is 2.00. The highest BCUT2D eigenvalue weighted by atomic mass is 79.9. The Morgan fingerprint density at radius 1 is 1.50 bits per heavy atom. The average molecular weight is 257 g/mol. The first-order valence-electron chi connectivity index (χ1n) is 5.08. The van der Waals surface area contributed by atoms with Gasteiger partial charge in [0.05, 0.1) is 0 Å². The van der Waals surface area contributed by atoms with Gasteiger partial charge in [-0.25, -0.2) is 0 Å². The van der Waals surface area contributed by atoms with Crippen LogP contribution in [0.4, 0.5) is 0 Å². The molecule has 0 saturated carbocycles. The van der Waals surface area contributed by atoms with Crippen LogP contribution in [0.25, 0.3) is 0 Å². The molecule has 0 bridgehead atoms. The van der Waals surface area contributed by atoms with E-state index < -0.39 is 0 Å². The average Bonchev–Trinajstić information content (AvgIpc) is 2.21. The first-order valence-corrected chi connectivity index (χ1v) is 5.87. The summed E-state index contributed by atoms with van der Waals surface area (Å²) >= 11 is 3.37. The molecule has 2 nitrogen and oxygen atoms in total. The third-order valence-electron chi connectivity index (χ3n) is 2.32. The first kappa shape index (κ1) is 11.7. The summed E-state index contributed by atoms with van der Waals surface area (Å²) in [5.74, 6) is 0. The van der Waals surface area contributed by atoms with Crippen molar-refractivity contribution in [1.82, 2.24) is 4.98 Å². The lowest BCUT2D eigenvalue weighted by molar-refractivity contribution is 0.565. The van der Waals surface area contributed by atoms with E-state index >= 15 is 0 Å². The molecule has 0 spiro atoms. The van der Waals surface area contributed by atoms with Crippen molar-refractivity contribution in [1.29, 1.82) is 0 Å². The Hall–Kier alpha value is -0.410. The first-order chi connectivity index (χ1) is 6.72. The summed E-state index contributed by atoms with van der Waals surface area (Å²) in [7, 11) is 0. The molecule has 0 fully saturated rings. The second-order valence-corrected chi connectivity index (χ2v) is 4.44. The van der Waals surface area contributed by atoms with Gasteiger partial charge in [0, 0.05) is 22.4 Å². The van der Waals surface area contributed by atoms with Crippen LogP contribution in [0, 0.1) is 0 Å². The normalized spacial score (nSPS) is 12.8. The van der Waals surface area contributed by atoms with Gasteiger partial charge in [-0.2, -0.15) is 0 Å². The zero-order valence-electron chi connectivity index (χ0n) is 8.54. The van der Waals surface area contributed by atoms with E-state index in [0.29, 0.717) is 6.04 Å². The van der Waals surface area contributed by atoms with Gasteiger partial charge in [-0.15, -0.1) is 0 Å². The van der Waals surface area contributed by atoms with Crippen molar-refractivity contribution >= 4 is 15.9 Å². The van der Waals surface area contributed by atoms with Gasteiger partial charge < -0.3 is 5.73 Å². The van der Waals surface area contributed by atoms with E-state index in [0.717, 1.165) is 35.8 Å². The van der Waals surface area contributed by atoms with E-state index in [1.54, 1.807) is 0 Å². The topological polar surface area (TPSA) is 38.9 Å².